The fourth-order valence-electron chi connectivity index (χ4n) is 3.52. The number of para-hydroxylation sites is 1. The molecule has 0 unspecified atom stereocenters. The third kappa shape index (κ3) is 4.50. The van der Waals surface area contributed by atoms with Crippen molar-refractivity contribution in [3.63, 3.8) is 0 Å². The average molecular weight is 463 g/mol. The first kappa shape index (κ1) is 22.3. The number of aryl methyl sites for hydroxylation is 1. The van der Waals surface area contributed by atoms with Gasteiger partial charge in [-0.1, -0.05) is 24.3 Å². The Morgan fingerprint density at radius 1 is 0.879 bits per heavy atom. The predicted molar refractivity (Wildman–Crippen MR) is 130 cm³/mol. The number of hydrogen-bond acceptors (Lipinski definition) is 7. The highest BCUT2D eigenvalue weighted by Gasteiger charge is 2.19. The number of nitrogens with zero attached hydrogens (tertiary/aromatic N) is 2. The van der Waals surface area contributed by atoms with Gasteiger partial charge >= 0.3 is 0 Å². The van der Waals surface area contributed by atoms with Gasteiger partial charge in [-0.25, -0.2) is 0 Å². The van der Waals surface area contributed by atoms with E-state index in [2.05, 4.69) is 15.5 Å². The molecule has 0 aliphatic carbocycles. The van der Waals surface area contributed by atoms with Crippen molar-refractivity contribution in [1.82, 2.24) is 0 Å². The summed E-state index contributed by atoms with van der Waals surface area (Å²) in [7, 11) is -4.55. The molecule has 0 aliphatic heterocycles. The maximum absolute atomic E-state index is 11.8. The van der Waals surface area contributed by atoms with Crippen LogP contribution in [-0.4, -0.2) is 18.1 Å². The number of fused-ring (bicyclic) bond motifs is 1. The minimum atomic E-state index is -4.55. The lowest BCUT2D eigenvalue weighted by Gasteiger charge is -2.12. The molecule has 0 saturated carbocycles. The largest absolute Gasteiger partial charge is 0.505 e. The second kappa shape index (κ2) is 8.53. The Morgan fingerprint density at radius 2 is 1.58 bits per heavy atom. The lowest BCUT2D eigenvalue weighted by molar-refractivity contribution is 0.482. The summed E-state index contributed by atoms with van der Waals surface area (Å²) in [5, 5.41) is 23.8. The number of anilines is 3. The Labute approximate surface area is 191 Å². The molecule has 0 radical (unpaired) electrons. The molecule has 5 N–H and O–H groups in total. The second-order valence-corrected chi connectivity index (χ2v) is 9.01. The summed E-state index contributed by atoms with van der Waals surface area (Å²) in [6.45, 7) is 3.34. The molecular formula is C24H22N4O4S. The number of nitrogens with two attached hydrogens (primary N) is 1. The van der Waals surface area contributed by atoms with Gasteiger partial charge in [-0.15, -0.1) is 10.2 Å². The molecule has 0 atom stereocenters. The van der Waals surface area contributed by atoms with Gasteiger partial charge in [-0.05, 0) is 67.3 Å². The number of phenolic OH excluding ortho intramolecular Hbond substituents is 1. The number of hydrogen-bond donors (Lipinski definition) is 4. The van der Waals surface area contributed by atoms with E-state index in [1.54, 1.807) is 19.9 Å². The number of azo groups is 1. The van der Waals surface area contributed by atoms with Crippen LogP contribution in [0.3, 0.4) is 0 Å². The van der Waals surface area contributed by atoms with E-state index < -0.39 is 15.0 Å². The molecule has 0 fully saturated rings. The number of benzene rings is 4. The van der Waals surface area contributed by atoms with Gasteiger partial charge in [0.15, 0.2) is 5.75 Å². The molecule has 0 heterocycles. The summed E-state index contributed by atoms with van der Waals surface area (Å²) in [4.78, 5) is -0.412. The fourth-order valence-corrected chi connectivity index (χ4v) is 4.20. The van der Waals surface area contributed by atoms with Gasteiger partial charge in [0, 0.05) is 28.0 Å². The molecule has 0 saturated heterocycles. The van der Waals surface area contributed by atoms with Crippen molar-refractivity contribution in [2.24, 2.45) is 10.2 Å². The van der Waals surface area contributed by atoms with Gasteiger partial charge in [0.25, 0.3) is 10.1 Å². The first-order valence-electron chi connectivity index (χ1n) is 10.0. The molecule has 8 nitrogen and oxygen atoms in total. The molecule has 4 rings (SSSR count). The number of aromatic hydroxyl groups is 1. The van der Waals surface area contributed by atoms with Gasteiger partial charge in [0.05, 0.1) is 0 Å². The smallest absolute Gasteiger partial charge is 0.296 e. The monoisotopic (exact) mass is 462 g/mol. The van der Waals surface area contributed by atoms with Crippen LogP contribution in [0.1, 0.15) is 11.1 Å². The molecular weight excluding hydrogens is 440 g/mol. The minimum absolute atomic E-state index is 0.0871. The summed E-state index contributed by atoms with van der Waals surface area (Å²) < 4.78 is 33.1. The summed E-state index contributed by atoms with van der Waals surface area (Å²) >= 11 is 0. The number of rotatable bonds is 5. The third-order valence-corrected chi connectivity index (χ3v) is 6.19. The zero-order valence-corrected chi connectivity index (χ0v) is 18.8. The maximum atomic E-state index is 11.8. The van der Waals surface area contributed by atoms with E-state index in [0.717, 1.165) is 16.8 Å². The standard InChI is InChI=1S/C24H22N4O4S/c1-14-12-16-8-9-18(26-17-6-4-3-5-7-17)13-19(16)24(29)22(14)27-28-23-15(2)20(25)10-11-21(23)33(30,31)32/h3-13,26,29H,25H2,1-2H3,(H,30,31,32). The zero-order valence-electron chi connectivity index (χ0n) is 17.9. The maximum Gasteiger partial charge on any atom is 0.296 e. The molecule has 0 aliphatic rings. The normalized spacial score (nSPS) is 11.8. The van der Waals surface area contributed by atoms with Crippen molar-refractivity contribution in [2.75, 3.05) is 11.1 Å². The van der Waals surface area contributed by atoms with Gasteiger partial charge in [0.1, 0.15) is 16.3 Å². The highest BCUT2D eigenvalue weighted by molar-refractivity contribution is 7.86. The van der Waals surface area contributed by atoms with Gasteiger partial charge in [-0.3, -0.25) is 4.55 Å². The molecule has 4 aromatic carbocycles. The molecule has 0 spiro atoms. The van der Waals surface area contributed by atoms with Crippen LogP contribution in [0.5, 0.6) is 5.75 Å². The van der Waals surface area contributed by atoms with Crippen molar-refractivity contribution in [3.05, 3.63) is 77.9 Å². The molecule has 0 bridgehead atoms. The van der Waals surface area contributed by atoms with Gasteiger partial charge in [-0.2, -0.15) is 8.42 Å². The van der Waals surface area contributed by atoms with Crippen molar-refractivity contribution < 1.29 is 18.1 Å². The van der Waals surface area contributed by atoms with Crippen LogP contribution in [0.2, 0.25) is 0 Å². The number of nitrogen functional groups attached to an aromatic ring is 1. The lowest BCUT2D eigenvalue weighted by Crippen LogP contribution is -2.01. The van der Waals surface area contributed by atoms with Crippen LogP contribution in [0.4, 0.5) is 28.4 Å². The summed E-state index contributed by atoms with van der Waals surface area (Å²) in [6, 6.07) is 19.6. The van der Waals surface area contributed by atoms with Gasteiger partial charge in [0.2, 0.25) is 0 Å². The quantitative estimate of drug-likeness (QED) is 0.159. The van der Waals surface area contributed by atoms with E-state index in [9.17, 15) is 18.1 Å². The third-order valence-electron chi connectivity index (χ3n) is 5.30. The molecule has 33 heavy (non-hydrogen) atoms. The minimum Gasteiger partial charge on any atom is -0.505 e. The Hall–Kier alpha value is -3.95. The van der Waals surface area contributed by atoms with Crippen LogP contribution in [0, 0.1) is 13.8 Å². The summed E-state index contributed by atoms with van der Waals surface area (Å²) in [5.41, 5.74) is 8.94. The summed E-state index contributed by atoms with van der Waals surface area (Å²) in [6.07, 6.45) is 0. The van der Waals surface area contributed by atoms with Gasteiger partial charge < -0.3 is 16.2 Å². The van der Waals surface area contributed by atoms with Crippen molar-refractivity contribution in [2.45, 2.75) is 18.7 Å². The Bertz CT molecular complexity index is 1500. The zero-order chi connectivity index (χ0) is 23.8. The first-order valence-corrected chi connectivity index (χ1v) is 11.5. The molecule has 0 aromatic heterocycles. The van der Waals surface area contributed by atoms with E-state index in [-0.39, 0.29) is 17.1 Å². The molecule has 4 aromatic rings. The Morgan fingerprint density at radius 3 is 2.27 bits per heavy atom. The highest BCUT2D eigenvalue weighted by Crippen LogP contribution is 2.41. The molecule has 168 valence electrons. The van der Waals surface area contributed by atoms with E-state index in [0.29, 0.717) is 22.2 Å². The number of phenols is 1. The van der Waals surface area contributed by atoms with Crippen LogP contribution >= 0.6 is 0 Å². The van der Waals surface area contributed by atoms with Crippen LogP contribution in [0.15, 0.2) is 81.9 Å². The topological polar surface area (TPSA) is 137 Å². The molecule has 0 amide bonds. The average Bonchev–Trinajstić information content (AvgIpc) is 2.76. The predicted octanol–water partition coefficient (Wildman–Crippen LogP) is 6.15. The van der Waals surface area contributed by atoms with Crippen LogP contribution in [-0.2, 0) is 10.1 Å². The van der Waals surface area contributed by atoms with Crippen LogP contribution < -0.4 is 11.1 Å². The van der Waals surface area contributed by atoms with E-state index in [1.165, 1.54) is 12.1 Å². The Kier molecular flexibility index (Phi) is 5.75. The second-order valence-electron chi connectivity index (χ2n) is 7.62. The van der Waals surface area contributed by atoms with Crippen LogP contribution in [0.25, 0.3) is 10.8 Å². The summed E-state index contributed by atoms with van der Waals surface area (Å²) in [5.74, 6) is -0.0968. The lowest BCUT2D eigenvalue weighted by atomic mass is 10.0. The van der Waals surface area contributed by atoms with E-state index in [4.69, 9.17) is 5.73 Å². The van der Waals surface area contributed by atoms with Crippen molar-refractivity contribution >= 4 is 49.3 Å². The molecule has 9 heteroatoms. The van der Waals surface area contributed by atoms with E-state index in [1.807, 2.05) is 48.5 Å². The first-order chi connectivity index (χ1) is 15.6. The van der Waals surface area contributed by atoms with Crippen molar-refractivity contribution in [3.8, 4) is 5.75 Å². The van der Waals surface area contributed by atoms with Crippen molar-refractivity contribution in [1.29, 1.82) is 0 Å². The highest BCUT2D eigenvalue weighted by atomic mass is 32.2. The number of nitrogens with one attached hydrogen (secondary N) is 1. The Balaban J connectivity index is 1.80. The SMILES string of the molecule is Cc1cc2ccc(Nc3ccccc3)cc2c(O)c1N=Nc1c(S(=O)(=O)O)ccc(N)c1C. The fraction of sp³-hybridized carbons (Fsp3) is 0.0833. The van der Waals surface area contributed by atoms with E-state index >= 15 is 0 Å².